The number of nitrogens with one attached hydrogen (secondary N) is 1. The van der Waals surface area contributed by atoms with Gasteiger partial charge < -0.3 is 15.0 Å². The predicted molar refractivity (Wildman–Crippen MR) is 111 cm³/mol. The first kappa shape index (κ1) is 21.7. The molecule has 1 heterocycles. The summed E-state index contributed by atoms with van der Waals surface area (Å²) in [5.74, 6) is -0.726. The quantitative estimate of drug-likeness (QED) is 0.342. The van der Waals surface area contributed by atoms with Gasteiger partial charge in [0.25, 0.3) is 0 Å². The van der Waals surface area contributed by atoms with Crippen molar-refractivity contribution in [2.45, 2.75) is 32.9 Å². The van der Waals surface area contributed by atoms with Gasteiger partial charge >= 0.3 is 6.18 Å². The average molecular weight is 421 g/mol. The van der Waals surface area contributed by atoms with Crippen molar-refractivity contribution in [3.8, 4) is 5.88 Å². The molecule has 0 fully saturated rings. The maximum absolute atomic E-state index is 13.7. The van der Waals surface area contributed by atoms with Crippen molar-refractivity contribution in [1.82, 2.24) is 4.98 Å². The molecule has 8 heteroatoms. The third kappa shape index (κ3) is 4.58. The average Bonchev–Trinajstić information content (AvgIpc) is 3.00. The Morgan fingerprint density at radius 3 is 2.40 bits per heavy atom. The molecule has 3 aromatic rings. The Bertz CT molecular complexity index is 1050. The summed E-state index contributed by atoms with van der Waals surface area (Å²) in [6.45, 7) is 4.89. The van der Waals surface area contributed by atoms with Gasteiger partial charge in [-0.15, -0.1) is 0 Å². The molecule has 2 aromatic carbocycles. The van der Waals surface area contributed by atoms with Crippen LogP contribution in [0, 0.1) is 5.82 Å². The third-order valence-corrected chi connectivity index (χ3v) is 4.74. The molecule has 3 rings (SSSR count). The molecule has 0 aliphatic carbocycles. The summed E-state index contributed by atoms with van der Waals surface area (Å²) >= 11 is 0. The number of hydrogen-bond donors (Lipinski definition) is 2. The smallest absolute Gasteiger partial charge is 0.418 e. The zero-order chi connectivity index (χ0) is 21.9. The Kier molecular flexibility index (Phi) is 6.34. The molecule has 0 unspecified atom stereocenters. The van der Waals surface area contributed by atoms with Crippen molar-refractivity contribution < 1.29 is 22.7 Å². The van der Waals surface area contributed by atoms with E-state index in [1.54, 1.807) is 4.90 Å². The van der Waals surface area contributed by atoms with E-state index in [1.807, 2.05) is 13.8 Å². The van der Waals surface area contributed by atoms with Gasteiger partial charge in [0, 0.05) is 35.9 Å². The highest BCUT2D eigenvalue weighted by atomic mass is 19.4. The van der Waals surface area contributed by atoms with Gasteiger partial charge in [0.15, 0.2) is 5.88 Å². The highest BCUT2D eigenvalue weighted by Gasteiger charge is 2.35. The summed E-state index contributed by atoms with van der Waals surface area (Å²) in [5, 5.41) is 10.5. The first-order valence-corrected chi connectivity index (χ1v) is 9.75. The zero-order valence-corrected chi connectivity index (χ0v) is 16.7. The van der Waals surface area contributed by atoms with Crippen LogP contribution in [0.25, 0.3) is 10.9 Å². The van der Waals surface area contributed by atoms with E-state index in [2.05, 4.69) is 9.98 Å². The summed E-state index contributed by atoms with van der Waals surface area (Å²) in [7, 11) is 0. The largest absolute Gasteiger partial charge is 0.494 e. The number of benzene rings is 2. The SMILES string of the molecule is CCCN(CCC)c1ccc(N=Cc2c(O)[nH]c3ccc(F)cc23)cc1C(F)(F)F. The van der Waals surface area contributed by atoms with Gasteiger partial charge in [-0.2, -0.15) is 13.2 Å². The van der Waals surface area contributed by atoms with Gasteiger partial charge in [-0.1, -0.05) is 13.8 Å². The second-order valence-corrected chi connectivity index (χ2v) is 7.02. The lowest BCUT2D eigenvalue weighted by atomic mass is 10.1. The molecule has 2 N–H and O–H groups in total. The van der Waals surface area contributed by atoms with Crippen LogP contribution >= 0.6 is 0 Å². The zero-order valence-electron chi connectivity index (χ0n) is 16.7. The molecule has 0 aliphatic rings. The second-order valence-electron chi connectivity index (χ2n) is 7.02. The van der Waals surface area contributed by atoms with Crippen LogP contribution in [0.5, 0.6) is 5.88 Å². The van der Waals surface area contributed by atoms with Crippen molar-refractivity contribution in [3.05, 3.63) is 53.3 Å². The minimum Gasteiger partial charge on any atom is -0.494 e. The summed E-state index contributed by atoms with van der Waals surface area (Å²) in [6.07, 6.45) is -1.84. The molecule has 0 spiro atoms. The van der Waals surface area contributed by atoms with Crippen molar-refractivity contribution in [2.24, 2.45) is 4.99 Å². The van der Waals surface area contributed by atoms with E-state index in [9.17, 15) is 22.7 Å². The van der Waals surface area contributed by atoms with E-state index < -0.39 is 17.6 Å². The normalized spacial score (nSPS) is 12.2. The molecular formula is C22H23F4N3O. The van der Waals surface area contributed by atoms with Crippen LogP contribution in [0.3, 0.4) is 0 Å². The first-order valence-electron chi connectivity index (χ1n) is 9.75. The number of aromatic hydroxyl groups is 1. The number of fused-ring (bicyclic) bond motifs is 1. The Morgan fingerprint density at radius 2 is 1.77 bits per heavy atom. The predicted octanol–water partition coefficient (Wildman–Crippen LogP) is 6.41. The van der Waals surface area contributed by atoms with Gasteiger partial charge in [0.2, 0.25) is 0 Å². The topological polar surface area (TPSA) is 51.6 Å². The van der Waals surface area contributed by atoms with Crippen molar-refractivity contribution in [2.75, 3.05) is 18.0 Å². The molecule has 0 radical (unpaired) electrons. The Balaban J connectivity index is 2.01. The monoisotopic (exact) mass is 421 g/mol. The fraction of sp³-hybridized carbons (Fsp3) is 0.318. The fourth-order valence-electron chi connectivity index (χ4n) is 3.44. The molecule has 160 valence electrons. The molecule has 4 nitrogen and oxygen atoms in total. The van der Waals surface area contributed by atoms with Gasteiger partial charge in [0.1, 0.15) is 5.82 Å². The molecule has 0 aliphatic heterocycles. The number of rotatable bonds is 7. The number of aliphatic imine (C=N–C) groups is 1. The highest BCUT2D eigenvalue weighted by molar-refractivity contribution is 6.02. The molecule has 0 saturated carbocycles. The van der Waals surface area contributed by atoms with Crippen LogP contribution in [-0.2, 0) is 6.18 Å². The number of hydrogen-bond acceptors (Lipinski definition) is 3. The summed E-state index contributed by atoms with van der Waals surface area (Å²) in [4.78, 5) is 8.53. The minimum atomic E-state index is -4.54. The lowest BCUT2D eigenvalue weighted by Gasteiger charge is -2.27. The van der Waals surface area contributed by atoms with E-state index in [0.29, 0.717) is 24.0 Å². The summed E-state index contributed by atoms with van der Waals surface area (Å²) in [5.41, 5.74) is 0.164. The van der Waals surface area contributed by atoms with Crippen molar-refractivity contribution in [3.63, 3.8) is 0 Å². The highest BCUT2D eigenvalue weighted by Crippen LogP contribution is 2.39. The number of alkyl halides is 3. The third-order valence-electron chi connectivity index (χ3n) is 4.74. The first-order chi connectivity index (χ1) is 14.2. The lowest BCUT2D eigenvalue weighted by Crippen LogP contribution is -2.27. The Hall–Kier alpha value is -3.03. The molecule has 0 bridgehead atoms. The van der Waals surface area contributed by atoms with Crippen LogP contribution in [-0.4, -0.2) is 29.4 Å². The van der Waals surface area contributed by atoms with Crippen LogP contribution in [0.15, 0.2) is 41.4 Å². The van der Waals surface area contributed by atoms with Crippen LogP contribution in [0.2, 0.25) is 0 Å². The van der Waals surface area contributed by atoms with Crippen LogP contribution in [0.4, 0.5) is 28.9 Å². The molecule has 0 atom stereocenters. The van der Waals surface area contributed by atoms with E-state index in [-0.39, 0.29) is 22.8 Å². The van der Waals surface area contributed by atoms with Gasteiger partial charge in [-0.05, 0) is 49.2 Å². The summed E-state index contributed by atoms with van der Waals surface area (Å²) < 4.78 is 54.8. The van der Waals surface area contributed by atoms with Crippen molar-refractivity contribution in [1.29, 1.82) is 0 Å². The molecule has 0 saturated heterocycles. The van der Waals surface area contributed by atoms with E-state index in [0.717, 1.165) is 18.9 Å². The Morgan fingerprint density at radius 1 is 1.07 bits per heavy atom. The number of halogens is 4. The molecule has 30 heavy (non-hydrogen) atoms. The fourth-order valence-corrected chi connectivity index (χ4v) is 3.44. The molecule has 1 aromatic heterocycles. The lowest BCUT2D eigenvalue weighted by molar-refractivity contribution is -0.137. The number of anilines is 1. The minimum absolute atomic E-state index is 0.0872. The molecule has 0 amide bonds. The van der Waals surface area contributed by atoms with Crippen LogP contribution in [0.1, 0.15) is 37.8 Å². The number of aromatic amines is 1. The summed E-state index contributed by atoms with van der Waals surface area (Å²) in [6, 6.07) is 7.86. The Labute approximate surface area is 171 Å². The van der Waals surface area contributed by atoms with Gasteiger partial charge in [0.05, 0.1) is 16.8 Å². The van der Waals surface area contributed by atoms with Crippen LogP contribution < -0.4 is 4.90 Å². The van der Waals surface area contributed by atoms with E-state index in [4.69, 9.17) is 0 Å². The van der Waals surface area contributed by atoms with E-state index >= 15 is 0 Å². The second kappa shape index (κ2) is 8.77. The maximum Gasteiger partial charge on any atom is 0.418 e. The molecular weight excluding hydrogens is 398 g/mol. The standard InChI is InChI=1S/C22H23F4N3O/c1-3-9-29(10-4-2)20-8-6-15(12-18(20)22(24,25)26)27-13-17-16-11-14(23)5-7-19(16)28-21(17)30/h5-8,11-13,28,30H,3-4,9-10H2,1-2H3. The maximum atomic E-state index is 13.7. The number of nitrogens with zero attached hydrogens (tertiary/aromatic N) is 2. The van der Waals surface area contributed by atoms with Crippen molar-refractivity contribution >= 4 is 28.5 Å². The van der Waals surface area contributed by atoms with E-state index in [1.165, 1.54) is 36.5 Å². The number of aromatic nitrogens is 1. The van der Waals surface area contributed by atoms with Gasteiger partial charge in [-0.25, -0.2) is 4.39 Å². The van der Waals surface area contributed by atoms with Gasteiger partial charge in [-0.3, -0.25) is 4.99 Å². The number of H-pyrrole nitrogens is 1.